The Labute approximate surface area is 129 Å². The fourth-order valence-electron chi connectivity index (χ4n) is 1.73. The molecule has 0 heterocycles. The van der Waals surface area contributed by atoms with E-state index in [9.17, 15) is 9.59 Å². The van der Waals surface area contributed by atoms with Gasteiger partial charge in [0.2, 0.25) is 5.91 Å². The van der Waals surface area contributed by atoms with Crippen LogP contribution in [0, 0.1) is 0 Å². The first-order valence-corrected chi connectivity index (χ1v) is 6.54. The van der Waals surface area contributed by atoms with Crippen molar-refractivity contribution in [1.82, 2.24) is 10.6 Å². The molecule has 1 aliphatic carbocycles. The lowest BCUT2D eigenvalue weighted by atomic mass is 10.2. The molecule has 0 spiro atoms. The van der Waals surface area contributed by atoms with Gasteiger partial charge in [0.05, 0.1) is 12.6 Å². The van der Waals surface area contributed by atoms with Crippen LogP contribution >= 0.6 is 12.4 Å². The molecule has 116 valence electrons. The molecule has 2 amide bonds. The minimum absolute atomic E-state index is 0. The first-order valence-electron chi connectivity index (χ1n) is 6.54. The zero-order valence-electron chi connectivity index (χ0n) is 11.8. The van der Waals surface area contributed by atoms with Crippen LogP contribution < -0.4 is 21.1 Å². The maximum atomic E-state index is 11.8. The number of carbonyl (C=O) groups excluding carboxylic acids is 2. The first-order chi connectivity index (χ1) is 9.55. The summed E-state index contributed by atoms with van der Waals surface area (Å²) in [5.74, 6) is 0.374. The van der Waals surface area contributed by atoms with E-state index >= 15 is 0 Å². The van der Waals surface area contributed by atoms with Crippen LogP contribution in [0.1, 0.15) is 23.2 Å². The SMILES string of the molecule is COc1ccc(C(=O)NCCNC(=O)C2(N)CC2)cc1.Cl. The number of hydrogen-bond acceptors (Lipinski definition) is 4. The molecule has 21 heavy (non-hydrogen) atoms. The largest absolute Gasteiger partial charge is 0.497 e. The van der Waals surface area contributed by atoms with Crippen LogP contribution in [-0.4, -0.2) is 37.6 Å². The van der Waals surface area contributed by atoms with Gasteiger partial charge in [-0.3, -0.25) is 9.59 Å². The molecule has 0 saturated heterocycles. The first kappa shape index (κ1) is 17.3. The maximum Gasteiger partial charge on any atom is 0.251 e. The Morgan fingerprint density at radius 3 is 2.29 bits per heavy atom. The average molecular weight is 314 g/mol. The fraction of sp³-hybridized carbons (Fsp3) is 0.429. The summed E-state index contributed by atoms with van der Waals surface area (Å²) in [5, 5.41) is 5.44. The Balaban J connectivity index is 0.00000220. The lowest BCUT2D eigenvalue weighted by Gasteiger charge is -2.10. The predicted octanol–water partition coefficient (Wildman–Crippen LogP) is 0.454. The summed E-state index contributed by atoms with van der Waals surface area (Å²) in [5.41, 5.74) is 5.62. The third-order valence-electron chi connectivity index (χ3n) is 3.29. The van der Waals surface area contributed by atoms with Crippen molar-refractivity contribution in [3.8, 4) is 5.75 Å². The molecule has 1 aliphatic rings. The minimum Gasteiger partial charge on any atom is -0.497 e. The molecule has 6 nitrogen and oxygen atoms in total. The Hall–Kier alpha value is -1.79. The molecule has 0 atom stereocenters. The van der Waals surface area contributed by atoms with Gasteiger partial charge in [-0.2, -0.15) is 0 Å². The molecular weight excluding hydrogens is 294 g/mol. The molecule has 0 aromatic heterocycles. The van der Waals surface area contributed by atoms with E-state index in [1.165, 1.54) is 0 Å². The van der Waals surface area contributed by atoms with E-state index < -0.39 is 5.54 Å². The monoisotopic (exact) mass is 313 g/mol. The topological polar surface area (TPSA) is 93.5 Å². The van der Waals surface area contributed by atoms with E-state index in [1.807, 2.05) is 0 Å². The van der Waals surface area contributed by atoms with Crippen LogP contribution in [0.25, 0.3) is 0 Å². The maximum absolute atomic E-state index is 11.8. The molecule has 0 radical (unpaired) electrons. The van der Waals surface area contributed by atoms with Crippen LogP contribution in [0.5, 0.6) is 5.75 Å². The zero-order valence-corrected chi connectivity index (χ0v) is 12.7. The van der Waals surface area contributed by atoms with Crippen LogP contribution in [0.3, 0.4) is 0 Å². The number of ether oxygens (including phenoxy) is 1. The van der Waals surface area contributed by atoms with E-state index in [0.717, 1.165) is 12.8 Å². The second-order valence-electron chi connectivity index (χ2n) is 4.90. The smallest absolute Gasteiger partial charge is 0.251 e. The predicted molar refractivity (Wildman–Crippen MR) is 81.7 cm³/mol. The number of benzene rings is 1. The van der Waals surface area contributed by atoms with Crippen LogP contribution in [-0.2, 0) is 4.79 Å². The molecular formula is C14H20ClN3O3. The van der Waals surface area contributed by atoms with Crippen molar-refractivity contribution in [1.29, 1.82) is 0 Å². The van der Waals surface area contributed by atoms with Crippen molar-refractivity contribution in [2.75, 3.05) is 20.2 Å². The highest BCUT2D eigenvalue weighted by Crippen LogP contribution is 2.31. The van der Waals surface area contributed by atoms with E-state index in [-0.39, 0.29) is 24.2 Å². The lowest BCUT2D eigenvalue weighted by molar-refractivity contribution is -0.123. The van der Waals surface area contributed by atoms with Gasteiger partial charge in [0.1, 0.15) is 5.75 Å². The van der Waals surface area contributed by atoms with Gasteiger partial charge in [-0.25, -0.2) is 0 Å². The van der Waals surface area contributed by atoms with Gasteiger partial charge in [0.25, 0.3) is 5.91 Å². The van der Waals surface area contributed by atoms with Crippen molar-refractivity contribution < 1.29 is 14.3 Å². The number of amides is 2. The number of carbonyl (C=O) groups is 2. The lowest BCUT2D eigenvalue weighted by Crippen LogP contribution is -2.45. The molecule has 1 aromatic rings. The van der Waals surface area contributed by atoms with Crippen LogP contribution in [0.4, 0.5) is 0 Å². The third-order valence-corrected chi connectivity index (χ3v) is 3.29. The van der Waals surface area contributed by atoms with Gasteiger partial charge >= 0.3 is 0 Å². The van der Waals surface area contributed by atoms with Gasteiger partial charge in [-0.05, 0) is 37.1 Å². The Bertz CT molecular complexity index is 501. The highest BCUT2D eigenvalue weighted by molar-refractivity contribution is 5.94. The summed E-state index contributed by atoms with van der Waals surface area (Å²) < 4.78 is 5.02. The second kappa shape index (κ2) is 7.28. The van der Waals surface area contributed by atoms with Gasteiger partial charge in [0, 0.05) is 18.7 Å². The van der Waals surface area contributed by atoms with Crippen LogP contribution in [0.15, 0.2) is 24.3 Å². The number of hydrogen-bond donors (Lipinski definition) is 3. The van der Waals surface area contributed by atoms with Gasteiger partial charge < -0.3 is 21.1 Å². The van der Waals surface area contributed by atoms with Crippen molar-refractivity contribution >= 4 is 24.2 Å². The number of methoxy groups -OCH3 is 1. The molecule has 2 rings (SSSR count). The highest BCUT2D eigenvalue weighted by Gasteiger charge is 2.45. The Morgan fingerprint density at radius 1 is 1.19 bits per heavy atom. The Kier molecular flexibility index (Phi) is 5.99. The fourth-order valence-corrected chi connectivity index (χ4v) is 1.73. The molecule has 4 N–H and O–H groups in total. The minimum atomic E-state index is -0.667. The standard InChI is InChI=1S/C14H19N3O3.ClH/c1-20-11-4-2-10(3-5-11)12(18)16-8-9-17-13(19)14(15)6-7-14;/h2-5H,6-9,15H2,1H3,(H,16,18)(H,17,19);1H. The van der Waals surface area contributed by atoms with Crippen molar-refractivity contribution in [2.24, 2.45) is 5.73 Å². The highest BCUT2D eigenvalue weighted by atomic mass is 35.5. The summed E-state index contributed by atoms with van der Waals surface area (Å²) in [6.07, 6.45) is 1.47. The molecule has 1 aromatic carbocycles. The molecule has 1 fully saturated rings. The average Bonchev–Trinajstić information content (AvgIpc) is 3.22. The van der Waals surface area contributed by atoms with Crippen molar-refractivity contribution in [3.63, 3.8) is 0 Å². The number of nitrogens with two attached hydrogens (primary N) is 1. The van der Waals surface area contributed by atoms with Gasteiger partial charge in [0.15, 0.2) is 0 Å². The van der Waals surface area contributed by atoms with Crippen molar-refractivity contribution in [2.45, 2.75) is 18.4 Å². The summed E-state index contributed by atoms with van der Waals surface area (Å²) in [7, 11) is 1.57. The van der Waals surface area contributed by atoms with Crippen LogP contribution in [0.2, 0.25) is 0 Å². The normalized spacial score (nSPS) is 14.6. The number of nitrogens with one attached hydrogen (secondary N) is 2. The Morgan fingerprint density at radius 2 is 1.76 bits per heavy atom. The summed E-state index contributed by atoms with van der Waals surface area (Å²) in [6, 6.07) is 6.82. The molecule has 0 bridgehead atoms. The molecule has 0 aliphatic heterocycles. The van der Waals surface area contributed by atoms with Gasteiger partial charge in [-0.1, -0.05) is 0 Å². The number of rotatable bonds is 6. The summed E-state index contributed by atoms with van der Waals surface area (Å²) in [4.78, 5) is 23.4. The van der Waals surface area contributed by atoms with Gasteiger partial charge in [-0.15, -0.1) is 12.4 Å². The van der Waals surface area contributed by atoms with E-state index in [4.69, 9.17) is 10.5 Å². The zero-order chi connectivity index (χ0) is 14.6. The number of halogens is 1. The quantitative estimate of drug-likeness (QED) is 0.665. The summed E-state index contributed by atoms with van der Waals surface area (Å²) in [6.45, 7) is 0.742. The van der Waals surface area contributed by atoms with Crippen molar-refractivity contribution in [3.05, 3.63) is 29.8 Å². The molecule has 7 heteroatoms. The second-order valence-corrected chi connectivity index (χ2v) is 4.90. The van der Waals surface area contributed by atoms with E-state index in [1.54, 1.807) is 31.4 Å². The third kappa shape index (κ3) is 4.61. The molecule has 0 unspecified atom stereocenters. The molecule has 1 saturated carbocycles. The summed E-state index contributed by atoms with van der Waals surface area (Å²) >= 11 is 0. The van der Waals surface area contributed by atoms with E-state index in [2.05, 4.69) is 10.6 Å². The van der Waals surface area contributed by atoms with E-state index in [0.29, 0.717) is 24.4 Å².